The van der Waals surface area contributed by atoms with E-state index in [1.807, 2.05) is 0 Å². The third-order valence-corrected chi connectivity index (χ3v) is 3.59. The van der Waals surface area contributed by atoms with Gasteiger partial charge < -0.3 is 5.11 Å². The van der Waals surface area contributed by atoms with Crippen molar-refractivity contribution in [2.75, 3.05) is 0 Å². The molecule has 0 spiro atoms. The maximum atomic E-state index is 13.8. The summed E-state index contributed by atoms with van der Waals surface area (Å²) in [6.07, 6.45) is 1.40. The van der Waals surface area contributed by atoms with Crippen molar-refractivity contribution in [3.05, 3.63) is 59.2 Å². The van der Waals surface area contributed by atoms with E-state index in [4.69, 9.17) is 10.4 Å². The van der Waals surface area contributed by atoms with Crippen LogP contribution in [0, 0.1) is 17.1 Å². The molecule has 1 aromatic carbocycles. The van der Waals surface area contributed by atoms with E-state index >= 15 is 0 Å². The van der Waals surface area contributed by atoms with Crippen molar-refractivity contribution < 1.29 is 14.3 Å². The first-order valence-electron chi connectivity index (χ1n) is 5.61. The summed E-state index contributed by atoms with van der Waals surface area (Å²) in [5.74, 6) is -1.33. The lowest BCUT2D eigenvalue weighted by Crippen LogP contribution is -1.99. The van der Waals surface area contributed by atoms with Crippen LogP contribution in [0.2, 0.25) is 0 Å². The van der Waals surface area contributed by atoms with Crippen LogP contribution in [0.3, 0.4) is 0 Å². The van der Waals surface area contributed by atoms with Crippen molar-refractivity contribution in [3.63, 3.8) is 0 Å². The Bertz CT molecular complexity index is 698. The van der Waals surface area contributed by atoms with Gasteiger partial charge in [0.25, 0.3) is 0 Å². The standard InChI is InChI=1S/C14H9FN2O2S/c15-13-9(7-16)2-1-3-10(13)8-20-11-4-5-17-12(6-11)14(18)19/h1-6H,8H2,(H,18,19). The van der Waals surface area contributed by atoms with Crippen molar-refractivity contribution in [3.8, 4) is 6.07 Å². The van der Waals surface area contributed by atoms with Gasteiger partial charge in [0, 0.05) is 16.8 Å². The summed E-state index contributed by atoms with van der Waals surface area (Å²) in [4.78, 5) is 15.2. The molecule has 4 nitrogen and oxygen atoms in total. The van der Waals surface area contributed by atoms with Gasteiger partial charge in [-0.25, -0.2) is 14.2 Å². The van der Waals surface area contributed by atoms with Crippen LogP contribution in [-0.4, -0.2) is 16.1 Å². The zero-order chi connectivity index (χ0) is 14.5. The summed E-state index contributed by atoms with van der Waals surface area (Å²) >= 11 is 1.29. The Kier molecular flexibility index (Phi) is 4.33. The molecule has 0 saturated carbocycles. The van der Waals surface area contributed by atoms with Crippen LogP contribution in [0.5, 0.6) is 0 Å². The Balaban J connectivity index is 2.15. The molecule has 0 aliphatic heterocycles. The molecular formula is C14H9FN2O2S. The van der Waals surface area contributed by atoms with Gasteiger partial charge in [0.15, 0.2) is 0 Å². The largest absolute Gasteiger partial charge is 0.477 e. The lowest BCUT2D eigenvalue weighted by Gasteiger charge is -2.05. The van der Waals surface area contributed by atoms with Gasteiger partial charge in [-0.15, -0.1) is 11.8 Å². The van der Waals surface area contributed by atoms with Gasteiger partial charge in [0.2, 0.25) is 0 Å². The van der Waals surface area contributed by atoms with Crippen molar-refractivity contribution in [1.29, 1.82) is 5.26 Å². The van der Waals surface area contributed by atoms with E-state index in [-0.39, 0.29) is 11.3 Å². The average molecular weight is 288 g/mol. The molecule has 20 heavy (non-hydrogen) atoms. The molecule has 0 fully saturated rings. The molecule has 2 aromatic rings. The van der Waals surface area contributed by atoms with Crippen LogP contribution < -0.4 is 0 Å². The van der Waals surface area contributed by atoms with Gasteiger partial charge in [-0.05, 0) is 23.8 Å². The lowest BCUT2D eigenvalue weighted by atomic mass is 10.1. The van der Waals surface area contributed by atoms with Crippen LogP contribution in [0.15, 0.2) is 41.4 Å². The number of carboxylic acid groups (broad SMARTS) is 1. The van der Waals surface area contributed by atoms with Gasteiger partial charge in [0.05, 0.1) is 5.56 Å². The fourth-order valence-electron chi connectivity index (χ4n) is 1.56. The normalized spacial score (nSPS) is 10.0. The summed E-state index contributed by atoms with van der Waals surface area (Å²) in [7, 11) is 0. The number of rotatable bonds is 4. The summed E-state index contributed by atoms with van der Waals surface area (Å²) in [6, 6.07) is 9.50. The molecule has 0 bridgehead atoms. The number of carbonyl (C=O) groups is 1. The topological polar surface area (TPSA) is 74.0 Å². The number of aromatic carboxylic acids is 1. The first-order valence-corrected chi connectivity index (χ1v) is 6.60. The number of aromatic nitrogens is 1. The third kappa shape index (κ3) is 3.13. The van der Waals surface area contributed by atoms with E-state index < -0.39 is 11.8 Å². The van der Waals surface area contributed by atoms with Crippen LogP contribution in [0.25, 0.3) is 0 Å². The number of benzene rings is 1. The maximum Gasteiger partial charge on any atom is 0.354 e. The van der Waals surface area contributed by atoms with E-state index in [0.29, 0.717) is 16.2 Å². The Morgan fingerprint density at radius 3 is 2.95 bits per heavy atom. The zero-order valence-corrected chi connectivity index (χ0v) is 11.0. The zero-order valence-electron chi connectivity index (χ0n) is 10.2. The fraction of sp³-hybridized carbons (Fsp3) is 0.0714. The molecule has 0 atom stereocenters. The second kappa shape index (κ2) is 6.17. The molecule has 100 valence electrons. The summed E-state index contributed by atoms with van der Waals surface area (Å²) < 4.78 is 13.8. The highest BCUT2D eigenvalue weighted by molar-refractivity contribution is 7.98. The van der Waals surface area contributed by atoms with E-state index in [1.54, 1.807) is 24.3 Å². The quantitative estimate of drug-likeness (QED) is 0.875. The monoisotopic (exact) mass is 288 g/mol. The molecule has 0 amide bonds. The molecule has 6 heteroatoms. The molecule has 0 aliphatic rings. The van der Waals surface area contributed by atoms with Gasteiger partial charge in [-0.3, -0.25) is 0 Å². The van der Waals surface area contributed by atoms with Crippen molar-refractivity contribution in [1.82, 2.24) is 4.98 Å². The second-order valence-corrected chi connectivity index (χ2v) is 4.91. The number of carboxylic acids is 1. The van der Waals surface area contributed by atoms with Crippen molar-refractivity contribution >= 4 is 17.7 Å². The maximum absolute atomic E-state index is 13.8. The molecule has 1 aromatic heterocycles. The number of nitrogens with zero attached hydrogens (tertiary/aromatic N) is 2. The van der Waals surface area contributed by atoms with Gasteiger partial charge in [-0.1, -0.05) is 12.1 Å². The number of hydrogen-bond acceptors (Lipinski definition) is 4. The van der Waals surface area contributed by atoms with Crippen LogP contribution in [0.1, 0.15) is 21.6 Å². The van der Waals surface area contributed by atoms with Crippen LogP contribution >= 0.6 is 11.8 Å². The van der Waals surface area contributed by atoms with Crippen LogP contribution in [0.4, 0.5) is 4.39 Å². The van der Waals surface area contributed by atoms with E-state index in [0.717, 1.165) is 0 Å². The van der Waals surface area contributed by atoms with Crippen molar-refractivity contribution in [2.45, 2.75) is 10.6 Å². The molecule has 0 radical (unpaired) electrons. The van der Waals surface area contributed by atoms with Gasteiger partial charge in [-0.2, -0.15) is 5.26 Å². The second-order valence-electron chi connectivity index (χ2n) is 3.86. The summed E-state index contributed by atoms with van der Waals surface area (Å²) in [5.41, 5.74) is 0.355. The van der Waals surface area contributed by atoms with Crippen LogP contribution in [-0.2, 0) is 5.75 Å². The highest BCUT2D eigenvalue weighted by Gasteiger charge is 2.09. The van der Waals surface area contributed by atoms with Gasteiger partial charge in [0.1, 0.15) is 17.6 Å². The molecule has 1 N–H and O–H groups in total. The number of thioether (sulfide) groups is 1. The fourth-order valence-corrected chi connectivity index (χ4v) is 2.45. The molecule has 2 rings (SSSR count). The third-order valence-electron chi connectivity index (χ3n) is 2.54. The Morgan fingerprint density at radius 2 is 2.25 bits per heavy atom. The van der Waals surface area contributed by atoms with Gasteiger partial charge >= 0.3 is 5.97 Å². The molecule has 1 heterocycles. The smallest absolute Gasteiger partial charge is 0.354 e. The van der Waals surface area contributed by atoms with E-state index in [1.165, 1.54) is 30.1 Å². The predicted octanol–water partition coefficient (Wildman–Crippen LogP) is 3.08. The Hall–Kier alpha value is -2.39. The SMILES string of the molecule is N#Cc1cccc(CSc2ccnc(C(=O)O)c2)c1F. The highest BCUT2D eigenvalue weighted by Crippen LogP contribution is 2.25. The molecule has 0 saturated heterocycles. The van der Waals surface area contributed by atoms with E-state index in [9.17, 15) is 9.18 Å². The number of halogens is 1. The minimum Gasteiger partial charge on any atom is -0.477 e. The molecular weight excluding hydrogens is 279 g/mol. The predicted molar refractivity (Wildman–Crippen MR) is 71.9 cm³/mol. The molecule has 0 aliphatic carbocycles. The highest BCUT2D eigenvalue weighted by atomic mass is 32.2. The number of nitriles is 1. The minimum atomic E-state index is -1.11. The average Bonchev–Trinajstić information content (AvgIpc) is 2.46. The number of pyridine rings is 1. The minimum absolute atomic E-state index is 0.00375. The first-order chi connectivity index (χ1) is 9.61. The Labute approximate surface area is 118 Å². The number of hydrogen-bond donors (Lipinski definition) is 1. The first kappa shape index (κ1) is 14.0. The molecule has 0 unspecified atom stereocenters. The Morgan fingerprint density at radius 1 is 1.45 bits per heavy atom. The summed E-state index contributed by atoms with van der Waals surface area (Å²) in [5, 5.41) is 17.6. The summed E-state index contributed by atoms with van der Waals surface area (Å²) in [6.45, 7) is 0. The lowest BCUT2D eigenvalue weighted by molar-refractivity contribution is 0.0690. The van der Waals surface area contributed by atoms with Crippen molar-refractivity contribution in [2.24, 2.45) is 0 Å². The van der Waals surface area contributed by atoms with E-state index in [2.05, 4.69) is 4.98 Å².